The molecule has 5 nitrogen and oxygen atoms in total. The Morgan fingerprint density at radius 1 is 0.844 bits per heavy atom. The number of hydrogen-bond acceptors (Lipinski definition) is 4. The molecule has 0 fully saturated rings. The van der Waals surface area contributed by atoms with Gasteiger partial charge in [0.1, 0.15) is 24.7 Å². The van der Waals surface area contributed by atoms with Crippen molar-refractivity contribution in [1.29, 1.82) is 0 Å². The normalized spacial score (nSPS) is 10.5. The molecule has 0 saturated heterocycles. The van der Waals surface area contributed by atoms with Crippen LogP contribution in [0.2, 0.25) is 0 Å². The molecule has 0 heterocycles. The summed E-state index contributed by atoms with van der Waals surface area (Å²) >= 11 is 0. The van der Waals surface area contributed by atoms with Crippen molar-refractivity contribution in [3.63, 3.8) is 0 Å². The molecule has 32 heavy (non-hydrogen) atoms. The van der Waals surface area contributed by atoms with Crippen molar-refractivity contribution in [2.45, 2.75) is 45.8 Å². The van der Waals surface area contributed by atoms with Crippen LogP contribution < -0.4 is 9.47 Å². The fraction of sp³-hybridized carbons (Fsp3) is 0.259. The Morgan fingerprint density at radius 2 is 1.44 bits per heavy atom. The van der Waals surface area contributed by atoms with E-state index in [1.807, 2.05) is 67.6 Å². The lowest BCUT2D eigenvalue weighted by Crippen LogP contribution is -2.12. The van der Waals surface area contributed by atoms with Crippen molar-refractivity contribution in [1.82, 2.24) is 0 Å². The predicted octanol–water partition coefficient (Wildman–Crippen LogP) is 5.84. The summed E-state index contributed by atoms with van der Waals surface area (Å²) in [7, 11) is 0. The maximum absolute atomic E-state index is 13.0. The van der Waals surface area contributed by atoms with Gasteiger partial charge >= 0.3 is 5.97 Å². The molecule has 0 bridgehead atoms. The van der Waals surface area contributed by atoms with Crippen LogP contribution in [-0.2, 0) is 24.4 Å². The van der Waals surface area contributed by atoms with E-state index in [-0.39, 0.29) is 18.8 Å². The lowest BCUT2D eigenvalue weighted by molar-refractivity contribution is -0.136. The minimum Gasteiger partial charge on any atom is -0.489 e. The standard InChI is InChI=1S/C27H28O5/c1-2-3-14-24(28)27-22(16-26(29)30)15-23(31-18-20-10-6-4-7-11-20)17-25(27)32-19-21-12-8-5-9-13-21/h4-13,15,17H,2-3,14,16,18-19H2,1H3,(H,29,30). The second-order valence-electron chi connectivity index (χ2n) is 7.60. The average Bonchev–Trinajstić information content (AvgIpc) is 2.80. The van der Waals surface area contributed by atoms with Gasteiger partial charge in [0.25, 0.3) is 0 Å². The minimum atomic E-state index is -1.01. The van der Waals surface area contributed by atoms with E-state index in [1.54, 1.807) is 12.1 Å². The predicted molar refractivity (Wildman–Crippen MR) is 123 cm³/mol. The third-order valence-electron chi connectivity index (χ3n) is 5.02. The van der Waals surface area contributed by atoms with Crippen molar-refractivity contribution in [2.24, 2.45) is 0 Å². The Hall–Kier alpha value is -3.60. The van der Waals surface area contributed by atoms with E-state index in [4.69, 9.17) is 9.47 Å². The highest BCUT2D eigenvalue weighted by molar-refractivity contribution is 6.01. The van der Waals surface area contributed by atoms with E-state index in [1.165, 1.54) is 0 Å². The van der Waals surface area contributed by atoms with E-state index >= 15 is 0 Å². The van der Waals surface area contributed by atoms with Crippen LogP contribution in [0.1, 0.15) is 53.2 Å². The van der Waals surface area contributed by atoms with Crippen LogP contribution in [0.4, 0.5) is 0 Å². The zero-order valence-corrected chi connectivity index (χ0v) is 18.3. The largest absolute Gasteiger partial charge is 0.489 e. The smallest absolute Gasteiger partial charge is 0.307 e. The molecule has 0 aliphatic heterocycles. The molecule has 1 N–H and O–H groups in total. The van der Waals surface area contributed by atoms with Crippen molar-refractivity contribution in [3.8, 4) is 11.5 Å². The number of carbonyl (C=O) groups excluding carboxylic acids is 1. The van der Waals surface area contributed by atoms with E-state index in [0.29, 0.717) is 35.7 Å². The van der Waals surface area contributed by atoms with Crippen LogP contribution in [0.25, 0.3) is 0 Å². The van der Waals surface area contributed by atoms with Crippen molar-refractivity contribution >= 4 is 11.8 Å². The van der Waals surface area contributed by atoms with Crippen LogP contribution in [0.5, 0.6) is 11.5 Å². The fourth-order valence-corrected chi connectivity index (χ4v) is 3.40. The summed E-state index contributed by atoms with van der Waals surface area (Å²) in [5, 5.41) is 9.45. The Labute approximate surface area is 188 Å². The number of unbranched alkanes of at least 4 members (excludes halogenated alkanes) is 1. The monoisotopic (exact) mass is 432 g/mol. The van der Waals surface area contributed by atoms with Gasteiger partial charge in [-0.05, 0) is 29.2 Å². The minimum absolute atomic E-state index is 0.110. The number of ketones is 1. The number of carbonyl (C=O) groups is 2. The summed E-state index contributed by atoms with van der Waals surface area (Å²) < 4.78 is 12.0. The molecule has 166 valence electrons. The van der Waals surface area contributed by atoms with Crippen molar-refractivity contribution < 1.29 is 24.2 Å². The molecular weight excluding hydrogens is 404 g/mol. The second-order valence-corrected chi connectivity index (χ2v) is 7.60. The summed E-state index contributed by atoms with van der Waals surface area (Å²) in [5.41, 5.74) is 2.69. The van der Waals surface area contributed by atoms with E-state index in [0.717, 1.165) is 24.0 Å². The van der Waals surface area contributed by atoms with Gasteiger partial charge in [0.05, 0.1) is 12.0 Å². The molecule has 0 aliphatic carbocycles. The summed E-state index contributed by atoms with van der Waals surface area (Å²) in [5.74, 6) is -0.290. The number of carboxylic acid groups (broad SMARTS) is 1. The lowest BCUT2D eigenvalue weighted by Gasteiger charge is -2.17. The first-order valence-corrected chi connectivity index (χ1v) is 10.8. The summed E-state index contributed by atoms with van der Waals surface area (Å²) in [6, 6.07) is 22.7. The third kappa shape index (κ3) is 6.71. The summed E-state index contributed by atoms with van der Waals surface area (Å²) in [6.45, 7) is 2.61. The van der Waals surface area contributed by atoms with Gasteiger partial charge in [0.2, 0.25) is 0 Å². The molecule has 3 rings (SSSR count). The number of aliphatic carboxylic acids is 1. The van der Waals surface area contributed by atoms with Crippen LogP contribution in [0.3, 0.4) is 0 Å². The summed E-state index contributed by atoms with van der Waals surface area (Å²) in [6.07, 6.45) is 1.67. The lowest BCUT2D eigenvalue weighted by atomic mass is 9.96. The second kappa shape index (κ2) is 11.7. The Morgan fingerprint density at radius 3 is 2.00 bits per heavy atom. The van der Waals surface area contributed by atoms with Crippen LogP contribution >= 0.6 is 0 Å². The fourth-order valence-electron chi connectivity index (χ4n) is 3.40. The first-order chi connectivity index (χ1) is 15.6. The van der Waals surface area contributed by atoms with E-state index < -0.39 is 5.97 Å². The highest BCUT2D eigenvalue weighted by Crippen LogP contribution is 2.32. The van der Waals surface area contributed by atoms with Crippen LogP contribution in [0, 0.1) is 0 Å². The zero-order chi connectivity index (χ0) is 22.8. The van der Waals surface area contributed by atoms with Gasteiger partial charge in [0, 0.05) is 12.5 Å². The first-order valence-electron chi connectivity index (χ1n) is 10.8. The number of benzene rings is 3. The molecule has 0 amide bonds. The molecule has 0 aliphatic rings. The van der Waals surface area contributed by atoms with Gasteiger partial charge in [-0.3, -0.25) is 9.59 Å². The van der Waals surface area contributed by atoms with Gasteiger partial charge in [-0.25, -0.2) is 0 Å². The number of rotatable bonds is 12. The molecule has 0 atom stereocenters. The van der Waals surface area contributed by atoms with E-state index in [2.05, 4.69) is 0 Å². The van der Waals surface area contributed by atoms with Crippen molar-refractivity contribution in [2.75, 3.05) is 0 Å². The highest BCUT2D eigenvalue weighted by atomic mass is 16.5. The van der Waals surface area contributed by atoms with Gasteiger partial charge in [-0.15, -0.1) is 0 Å². The Bertz CT molecular complexity index is 1030. The average molecular weight is 433 g/mol. The van der Waals surface area contributed by atoms with Crippen LogP contribution in [0.15, 0.2) is 72.8 Å². The highest BCUT2D eigenvalue weighted by Gasteiger charge is 2.21. The molecule has 0 radical (unpaired) electrons. The topological polar surface area (TPSA) is 72.8 Å². The molecule has 3 aromatic carbocycles. The Balaban J connectivity index is 1.94. The van der Waals surface area contributed by atoms with Crippen LogP contribution in [-0.4, -0.2) is 16.9 Å². The molecular formula is C27H28O5. The first kappa shape index (κ1) is 23.1. The van der Waals surface area contributed by atoms with Crippen molar-refractivity contribution in [3.05, 3.63) is 95.1 Å². The third-order valence-corrected chi connectivity index (χ3v) is 5.02. The molecule has 0 saturated carbocycles. The molecule has 0 aromatic heterocycles. The van der Waals surface area contributed by atoms with E-state index in [9.17, 15) is 14.7 Å². The maximum atomic E-state index is 13.0. The number of hydrogen-bond donors (Lipinski definition) is 1. The molecule has 5 heteroatoms. The molecule has 3 aromatic rings. The SMILES string of the molecule is CCCCC(=O)c1c(CC(=O)O)cc(OCc2ccccc2)cc1OCc1ccccc1. The summed E-state index contributed by atoms with van der Waals surface area (Å²) in [4.78, 5) is 24.6. The van der Waals surface area contributed by atoms with Gasteiger partial charge in [0.15, 0.2) is 5.78 Å². The molecule has 0 spiro atoms. The molecule has 0 unspecified atom stereocenters. The van der Waals surface area contributed by atoms with Gasteiger partial charge < -0.3 is 14.6 Å². The number of Topliss-reactive ketones (excluding diaryl/α,β-unsaturated/α-hetero) is 1. The van der Waals surface area contributed by atoms with Gasteiger partial charge in [-0.1, -0.05) is 74.0 Å². The Kier molecular flexibility index (Phi) is 8.44. The maximum Gasteiger partial charge on any atom is 0.307 e. The number of ether oxygens (including phenoxy) is 2. The zero-order valence-electron chi connectivity index (χ0n) is 18.3. The van der Waals surface area contributed by atoms with Gasteiger partial charge in [-0.2, -0.15) is 0 Å². The number of carboxylic acids is 1. The quantitative estimate of drug-likeness (QED) is 0.364.